The molecule has 3 rings (SSSR count). The Morgan fingerprint density at radius 2 is 2.03 bits per heavy atom. The number of nitrogens with one attached hydrogen (secondary N) is 1. The summed E-state index contributed by atoms with van der Waals surface area (Å²) < 4.78 is 34.0. The fourth-order valence-corrected chi connectivity index (χ4v) is 5.46. The summed E-state index contributed by atoms with van der Waals surface area (Å²) in [6, 6.07) is 5.63. The molecule has 1 aliphatic rings. The van der Waals surface area contributed by atoms with Gasteiger partial charge < -0.3 is 14.6 Å². The third-order valence-electron chi connectivity index (χ3n) is 4.96. The molecule has 0 bridgehead atoms. The van der Waals surface area contributed by atoms with Crippen molar-refractivity contribution in [3.05, 3.63) is 46.7 Å². The van der Waals surface area contributed by atoms with E-state index in [9.17, 15) is 18.0 Å². The standard InChI is InChI=1S/C20H24ClN3O5S/c1-4-29-20(26)18-11-14(12-23(18)3)30(27,28)24-9-5-6-17(24)19(25)22-16-8-7-13(2)10-15(16)21/h7-8,10-12,17H,4-6,9H2,1-3H3,(H,22,25)/t17-/m1/s1. The van der Waals surface area contributed by atoms with Crippen molar-refractivity contribution in [2.24, 2.45) is 7.05 Å². The van der Waals surface area contributed by atoms with Gasteiger partial charge in [0, 0.05) is 19.8 Å². The molecule has 1 atom stereocenters. The number of hydrogen-bond donors (Lipinski definition) is 1. The molecule has 30 heavy (non-hydrogen) atoms. The zero-order valence-electron chi connectivity index (χ0n) is 17.0. The fourth-order valence-electron chi connectivity index (χ4n) is 3.45. The second-order valence-corrected chi connectivity index (χ2v) is 9.44. The molecule has 8 nitrogen and oxygen atoms in total. The topological polar surface area (TPSA) is 97.7 Å². The SMILES string of the molecule is CCOC(=O)c1cc(S(=O)(=O)N2CCC[C@@H]2C(=O)Nc2ccc(C)cc2Cl)cn1C. The van der Waals surface area contributed by atoms with E-state index in [1.165, 1.54) is 21.1 Å². The number of rotatable bonds is 6. The Hall–Kier alpha value is -2.36. The number of benzene rings is 1. The minimum absolute atomic E-state index is 0.0545. The molecule has 0 aliphatic carbocycles. The van der Waals surface area contributed by atoms with E-state index in [-0.39, 0.29) is 23.7 Å². The van der Waals surface area contributed by atoms with Gasteiger partial charge >= 0.3 is 5.97 Å². The summed E-state index contributed by atoms with van der Waals surface area (Å²) >= 11 is 6.18. The van der Waals surface area contributed by atoms with Gasteiger partial charge in [-0.15, -0.1) is 0 Å². The van der Waals surface area contributed by atoms with Crippen LogP contribution in [0.2, 0.25) is 5.02 Å². The number of aryl methyl sites for hydroxylation is 2. The third kappa shape index (κ3) is 4.38. The van der Waals surface area contributed by atoms with E-state index >= 15 is 0 Å². The molecular formula is C20H24ClN3O5S. The lowest BCUT2D eigenvalue weighted by atomic mass is 10.2. The molecule has 0 saturated carbocycles. The van der Waals surface area contributed by atoms with Crippen molar-refractivity contribution >= 4 is 39.2 Å². The first kappa shape index (κ1) is 22.3. The Morgan fingerprint density at radius 1 is 1.30 bits per heavy atom. The summed E-state index contributed by atoms with van der Waals surface area (Å²) in [4.78, 5) is 24.8. The van der Waals surface area contributed by atoms with Crippen LogP contribution >= 0.6 is 11.6 Å². The van der Waals surface area contributed by atoms with Gasteiger partial charge in [-0.05, 0) is 50.5 Å². The second kappa shape index (κ2) is 8.79. The molecule has 1 saturated heterocycles. The van der Waals surface area contributed by atoms with Crippen LogP contribution in [0, 0.1) is 6.92 Å². The molecule has 10 heteroatoms. The Balaban J connectivity index is 1.84. The van der Waals surface area contributed by atoms with Crippen LogP contribution in [0.5, 0.6) is 0 Å². The summed E-state index contributed by atoms with van der Waals surface area (Å²) in [6.45, 7) is 3.95. The van der Waals surface area contributed by atoms with E-state index in [0.29, 0.717) is 23.6 Å². The molecule has 0 unspecified atom stereocenters. The van der Waals surface area contributed by atoms with Crippen LogP contribution in [-0.2, 0) is 26.6 Å². The summed E-state index contributed by atoms with van der Waals surface area (Å²) in [5, 5.41) is 3.12. The number of carbonyl (C=O) groups excluding carboxylic acids is 2. The highest BCUT2D eigenvalue weighted by Gasteiger charge is 2.40. The fraction of sp³-hybridized carbons (Fsp3) is 0.400. The van der Waals surface area contributed by atoms with Gasteiger partial charge in [-0.1, -0.05) is 17.7 Å². The van der Waals surface area contributed by atoms with Gasteiger partial charge in [-0.3, -0.25) is 4.79 Å². The molecule has 1 aliphatic heterocycles. The van der Waals surface area contributed by atoms with Gasteiger partial charge in [0.25, 0.3) is 0 Å². The molecule has 0 radical (unpaired) electrons. The number of carbonyl (C=O) groups is 2. The zero-order chi connectivity index (χ0) is 22.1. The van der Waals surface area contributed by atoms with Crippen LogP contribution in [0.1, 0.15) is 35.8 Å². The Labute approximate surface area is 180 Å². The summed E-state index contributed by atoms with van der Waals surface area (Å²) in [6.07, 6.45) is 2.30. The van der Waals surface area contributed by atoms with Gasteiger partial charge in [0.1, 0.15) is 16.6 Å². The van der Waals surface area contributed by atoms with Crippen molar-refractivity contribution in [3.63, 3.8) is 0 Å². The summed E-state index contributed by atoms with van der Waals surface area (Å²) in [5.74, 6) is -1.05. The van der Waals surface area contributed by atoms with E-state index < -0.39 is 27.9 Å². The minimum Gasteiger partial charge on any atom is -0.461 e. The minimum atomic E-state index is -3.98. The van der Waals surface area contributed by atoms with Crippen molar-refractivity contribution < 1.29 is 22.7 Å². The normalized spacial score (nSPS) is 17.1. The van der Waals surface area contributed by atoms with E-state index in [2.05, 4.69) is 5.32 Å². The molecular weight excluding hydrogens is 430 g/mol. The number of sulfonamides is 1. The molecule has 1 fully saturated rings. The van der Waals surface area contributed by atoms with E-state index in [1.807, 2.05) is 13.0 Å². The van der Waals surface area contributed by atoms with Gasteiger partial charge in [-0.2, -0.15) is 4.31 Å². The number of ether oxygens (including phenoxy) is 1. The molecule has 1 N–H and O–H groups in total. The van der Waals surface area contributed by atoms with Crippen molar-refractivity contribution in [2.45, 2.75) is 37.6 Å². The average molecular weight is 454 g/mol. The third-order valence-corrected chi connectivity index (χ3v) is 7.15. The monoisotopic (exact) mass is 453 g/mol. The maximum absolute atomic E-state index is 13.2. The maximum atomic E-state index is 13.2. The molecule has 1 amide bonds. The number of nitrogens with zero attached hydrogens (tertiary/aromatic N) is 2. The number of amides is 1. The van der Waals surface area contributed by atoms with Crippen LogP contribution < -0.4 is 5.32 Å². The van der Waals surface area contributed by atoms with Crippen LogP contribution in [-0.4, -0.2) is 48.4 Å². The van der Waals surface area contributed by atoms with Crippen molar-refractivity contribution in [2.75, 3.05) is 18.5 Å². The van der Waals surface area contributed by atoms with Crippen molar-refractivity contribution in [1.82, 2.24) is 8.87 Å². The van der Waals surface area contributed by atoms with Gasteiger partial charge in [0.05, 0.1) is 17.3 Å². The predicted octanol–water partition coefficient (Wildman–Crippen LogP) is 2.96. The number of hydrogen-bond acceptors (Lipinski definition) is 5. The second-order valence-electron chi connectivity index (χ2n) is 7.14. The van der Waals surface area contributed by atoms with Crippen LogP contribution in [0.15, 0.2) is 35.4 Å². The Kier molecular flexibility index (Phi) is 6.54. The lowest BCUT2D eigenvalue weighted by molar-refractivity contribution is -0.119. The molecule has 2 heterocycles. The van der Waals surface area contributed by atoms with Crippen molar-refractivity contribution in [3.8, 4) is 0 Å². The van der Waals surface area contributed by atoms with Gasteiger partial charge in [-0.25, -0.2) is 13.2 Å². The molecule has 162 valence electrons. The lowest BCUT2D eigenvalue weighted by Gasteiger charge is -2.23. The smallest absolute Gasteiger partial charge is 0.354 e. The highest BCUT2D eigenvalue weighted by atomic mass is 35.5. The Bertz CT molecular complexity index is 1080. The van der Waals surface area contributed by atoms with Crippen molar-refractivity contribution in [1.29, 1.82) is 0 Å². The van der Waals surface area contributed by atoms with Gasteiger partial charge in [0.2, 0.25) is 15.9 Å². The van der Waals surface area contributed by atoms with Crippen LogP contribution in [0.3, 0.4) is 0 Å². The predicted molar refractivity (Wildman–Crippen MR) is 113 cm³/mol. The Morgan fingerprint density at radius 3 is 2.70 bits per heavy atom. The number of esters is 1. The highest BCUT2D eigenvalue weighted by Crippen LogP contribution is 2.29. The molecule has 0 spiro atoms. The highest BCUT2D eigenvalue weighted by molar-refractivity contribution is 7.89. The quantitative estimate of drug-likeness (QED) is 0.678. The lowest BCUT2D eigenvalue weighted by Crippen LogP contribution is -2.43. The van der Waals surface area contributed by atoms with E-state index in [0.717, 1.165) is 5.56 Å². The number of aromatic nitrogens is 1. The van der Waals surface area contributed by atoms with Crippen LogP contribution in [0.25, 0.3) is 0 Å². The summed E-state index contributed by atoms with van der Waals surface area (Å²) in [7, 11) is -2.41. The molecule has 1 aromatic carbocycles. The first-order valence-electron chi connectivity index (χ1n) is 9.57. The van der Waals surface area contributed by atoms with Gasteiger partial charge in [0.15, 0.2) is 0 Å². The van der Waals surface area contributed by atoms with E-state index in [4.69, 9.17) is 16.3 Å². The number of anilines is 1. The first-order valence-corrected chi connectivity index (χ1v) is 11.4. The number of halogens is 1. The maximum Gasteiger partial charge on any atom is 0.354 e. The van der Waals surface area contributed by atoms with Crippen LogP contribution in [0.4, 0.5) is 5.69 Å². The average Bonchev–Trinajstić information content (AvgIpc) is 3.32. The largest absolute Gasteiger partial charge is 0.461 e. The summed E-state index contributed by atoms with van der Waals surface area (Å²) in [5.41, 5.74) is 1.51. The molecule has 2 aromatic rings. The first-order chi connectivity index (χ1) is 14.1. The zero-order valence-corrected chi connectivity index (χ0v) is 18.6. The molecule has 1 aromatic heterocycles. The van der Waals surface area contributed by atoms with E-state index in [1.54, 1.807) is 26.1 Å².